The minimum atomic E-state index is -1.15. The van der Waals surface area contributed by atoms with Crippen molar-refractivity contribution in [1.29, 1.82) is 0 Å². The second kappa shape index (κ2) is 25.4. The first kappa shape index (κ1) is 43.3. The van der Waals surface area contributed by atoms with Crippen LogP contribution >= 0.6 is 0 Å². The van der Waals surface area contributed by atoms with Crippen LogP contribution in [0.5, 0.6) is 0 Å². The molecule has 0 rings (SSSR count). The molecule has 1 atom stereocenters. The summed E-state index contributed by atoms with van der Waals surface area (Å²) in [5.74, 6) is -1.23. The van der Waals surface area contributed by atoms with E-state index < -0.39 is 28.6 Å². The van der Waals surface area contributed by atoms with Crippen LogP contribution in [0.4, 0.5) is 0 Å². The second-order valence-corrected chi connectivity index (χ2v) is 14.7. The molecule has 0 aliphatic rings. The number of amides is 1. The molecule has 0 bridgehead atoms. The van der Waals surface area contributed by atoms with Gasteiger partial charge in [-0.1, -0.05) is 110 Å². The summed E-state index contributed by atoms with van der Waals surface area (Å²) in [5, 5.41) is 9.71. The standard InChI is InChI=1S/C36H72N4O5/c1-8-9-10-11-12-13-14-15-16-17-18-19-20-21-22-23-24-36(29-31(37)41,33(43)45-35(5,6)7)40-28-27-38-25-26-39-30-32(42)44-34(2,3)4/h38-40H,8-30H2,1-7H3,(H2,37,41). The van der Waals surface area contributed by atoms with E-state index in [1.807, 2.05) is 41.5 Å². The number of nitrogens with two attached hydrogens (primary N) is 1. The van der Waals surface area contributed by atoms with Gasteiger partial charge in [0, 0.05) is 26.2 Å². The third-order valence-electron chi connectivity index (χ3n) is 7.66. The summed E-state index contributed by atoms with van der Waals surface area (Å²) in [5.41, 5.74) is 3.32. The van der Waals surface area contributed by atoms with E-state index in [0.717, 1.165) is 19.3 Å². The number of hydrogen-bond acceptors (Lipinski definition) is 8. The van der Waals surface area contributed by atoms with E-state index >= 15 is 0 Å². The molecule has 0 spiro atoms. The number of primary amides is 1. The van der Waals surface area contributed by atoms with Gasteiger partial charge in [0.05, 0.1) is 13.0 Å². The maximum absolute atomic E-state index is 13.4. The fraction of sp³-hybridized carbons (Fsp3) is 0.917. The highest BCUT2D eigenvalue weighted by atomic mass is 16.6. The van der Waals surface area contributed by atoms with Crippen LogP contribution in [-0.4, -0.2) is 67.3 Å². The van der Waals surface area contributed by atoms with E-state index in [0.29, 0.717) is 32.6 Å². The number of unbranched alkanes of at least 4 members (excludes halogenated alkanes) is 15. The van der Waals surface area contributed by atoms with Gasteiger partial charge in [0.1, 0.15) is 16.7 Å². The van der Waals surface area contributed by atoms with Crippen molar-refractivity contribution < 1.29 is 23.9 Å². The van der Waals surface area contributed by atoms with E-state index in [9.17, 15) is 14.4 Å². The van der Waals surface area contributed by atoms with Gasteiger partial charge in [-0.05, 0) is 48.0 Å². The molecule has 0 aromatic carbocycles. The summed E-state index contributed by atoms with van der Waals surface area (Å²) >= 11 is 0. The summed E-state index contributed by atoms with van der Waals surface area (Å²) in [6, 6.07) is 0. The molecule has 0 aromatic rings. The Labute approximate surface area is 276 Å². The number of nitrogens with one attached hydrogen (secondary N) is 3. The summed E-state index contributed by atoms with van der Waals surface area (Å²) in [4.78, 5) is 37.3. The second-order valence-electron chi connectivity index (χ2n) is 14.7. The molecule has 0 fully saturated rings. The Bertz CT molecular complexity index is 778. The molecule has 0 aromatic heterocycles. The molecule has 0 radical (unpaired) electrons. The SMILES string of the molecule is CCCCCCCCCCCCCCCCCCC(CC(N)=O)(NCCNCCNCC(=O)OC(C)(C)C)C(=O)OC(C)(C)C. The van der Waals surface area contributed by atoms with Crippen molar-refractivity contribution in [3.8, 4) is 0 Å². The lowest BCUT2D eigenvalue weighted by Gasteiger charge is -2.35. The number of carbonyl (C=O) groups is 3. The first-order valence-electron chi connectivity index (χ1n) is 18.1. The van der Waals surface area contributed by atoms with Gasteiger partial charge in [-0.25, -0.2) is 0 Å². The van der Waals surface area contributed by atoms with Crippen LogP contribution < -0.4 is 21.7 Å². The predicted octanol–water partition coefficient (Wildman–Crippen LogP) is 6.70. The van der Waals surface area contributed by atoms with E-state index in [2.05, 4.69) is 22.9 Å². The third-order valence-corrected chi connectivity index (χ3v) is 7.66. The Balaban J connectivity index is 4.48. The smallest absolute Gasteiger partial charge is 0.327 e. The summed E-state index contributed by atoms with van der Waals surface area (Å²) in [7, 11) is 0. The lowest BCUT2D eigenvalue weighted by molar-refractivity contribution is -0.165. The molecule has 9 nitrogen and oxygen atoms in total. The van der Waals surface area contributed by atoms with E-state index in [1.165, 1.54) is 83.5 Å². The third kappa shape index (κ3) is 27.1. The van der Waals surface area contributed by atoms with E-state index in [4.69, 9.17) is 15.2 Å². The Morgan fingerprint density at radius 2 is 1.00 bits per heavy atom. The van der Waals surface area contributed by atoms with Crippen molar-refractivity contribution >= 4 is 17.8 Å². The molecule has 1 amide bonds. The zero-order valence-electron chi connectivity index (χ0n) is 30.4. The van der Waals surface area contributed by atoms with Crippen LogP contribution in [0.2, 0.25) is 0 Å². The minimum Gasteiger partial charge on any atom is -0.459 e. The molecule has 0 saturated heterocycles. The van der Waals surface area contributed by atoms with Gasteiger partial charge in [0.2, 0.25) is 5.91 Å². The van der Waals surface area contributed by atoms with Crippen molar-refractivity contribution in [1.82, 2.24) is 16.0 Å². The molecule has 0 aliphatic carbocycles. The summed E-state index contributed by atoms with van der Waals surface area (Å²) in [6.07, 6.45) is 20.8. The normalized spacial score (nSPS) is 13.4. The Morgan fingerprint density at radius 3 is 1.44 bits per heavy atom. The first-order chi connectivity index (χ1) is 21.2. The van der Waals surface area contributed by atoms with Gasteiger partial charge in [-0.15, -0.1) is 0 Å². The monoisotopic (exact) mass is 641 g/mol. The molecule has 5 N–H and O–H groups in total. The molecule has 0 aliphatic heterocycles. The predicted molar refractivity (Wildman–Crippen MR) is 186 cm³/mol. The average Bonchev–Trinajstić information content (AvgIpc) is 2.91. The van der Waals surface area contributed by atoms with Gasteiger partial charge in [0.15, 0.2) is 0 Å². The lowest BCUT2D eigenvalue weighted by Crippen LogP contribution is -2.57. The van der Waals surface area contributed by atoms with Gasteiger partial charge >= 0.3 is 11.9 Å². The van der Waals surface area contributed by atoms with Gasteiger partial charge in [-0.3, -0.25) is 14.4 Å². The Morgan fingerprint density at radius 1 is 0.578 bits per heavy atom. The van der Waals surface area contributed by atoms with Crippen molar-refractivity contribution in [2.24, 2.45) is 5.73 Å². The number of carbonyl (C=O) groups excluding carboxylic acids is 3. The molecule has 45 heavy (non-hydrogen) atoms. The molecular weight excluding hydrogens is 568 g/mol. The molecule has 266 valence electrons. The number of ether oxygens (including phenoxy) is 2. The number of hydrogen-bond donors (Lipinski definition) is 4. The highest BCUT2D eigenvalue weighted by Crippen LogP contribution is 2.25. The zero-order chi connectivity index (χ0) is 34.0. The fourth-order valence-electron chi connectivity index (χ4n) is 5.39. The molecular formula is C36H72N4O5. The lowest BCUT2D eigenvalue weighted by atomic mass is 9.87. The van der Waals surface area contributed by atoms with Crippen LogP contribution in [0.15, 0.2) is 0 Å². The van der Waals surface area contributed by atoms with E-state index in [-0.39, 0.29) is 18.9 Å². The highest BCUT2D eigenvalue weighted by Gasteiger charge is 2.42. The van der Waals surface area contributed by atoms with Gasteiger partial charge < -0.3 is 31.2 Å². The van der Waals surface area contributed by atoms with Gasteiger partial charge in [-0.2, -0.15) is 0 Å². The van der Waals surface area contributed by atoms with Crippen molar-refractivity contribution in [3.05, 3.63) is 0 Å². The van der Waals surface area contributed by atoms with Crippen molar-refractivity contribution in [2.75, 3.05) is 32.7 Å². The maximum atomic E-state index is 13.4. The molecule has 0 heterocycles. The topological polar surface area (TPSA) is 132 Å². The fourth-order valence-corrected chi connectivity index (χ4v) is 5.39. The summed E-state index contributed by atoms with van der Waals surface area (Å²) < 4.78 is 11.1. The van der Waals surface area contributed by atoms with Gasteiger partial charge in [0.25, 0.3) is 0 Å². The number of esters is 2. The Hall–Kier alpha value is -1.71. The zero-order valence-corrected chi connectivity index (χ0v) is 30.4. The largest absolute Gasteiger partial charge is 0.459 e. The van der Waals surface area contributed by atoms with Crippen LogP contribution in [0.25, 0.3) is 0 Å². The first-order valence-corrected chi connectivity index (χ1v) is 18.1. The van der Waals surface area contributed by atoms with E-state index in [1.54, 1.807) is 0 Å². The maximum Gasteiger partial charge on any atom is 0.327 e. The summed E-state index contributed by atoms with van der Waals surface area (Å²) in [6.45, 7) is 15.7. The number of rotatable bonds is 29. The van der Waals surface area contributed by atoms with Crippen molar-refractivity contribution in [3.63, 3.8) is 0 Å². The molecule has 1 unspecified atom stereocenters. The highest BCUT2D eigenvalue weighted by molar-refractivity contribution is 5.88. The van der Waals surface area contributed by atoms with Crippen LogP contribution in [-0.2, 0) is 23.9 Å². The average molecular weight is 641 g/mol. The van der Waals surface area contributed by atoms with Crippen LogP contribution in [0.1, 0.15) is 164 Å². The minimum absolute atomic E-state index is 0.0991. The Kier molecular flexibility index (Phi) is 24.4. The molecule has 9 heteroatoms. The van der Waals surface area contributed by atoms with Crippen molar-refractivity contribution in [2.45, 2.75) is 181 Å². The van der Waals surface area contributed by atoms with Crippen LogP contribution in [0.3, 0.4) is 0 Å². The van der Waals surface area contributed by atoms with Crippen LogP contribution in [0, 0.1) is 0 Å². The quantitative estimate of drug-likeness (QED) is 0.0524. The molecule has 0 saturated carbocycles.